The van der Waals surface area contributed by atoms with Crippen molar-refractivity contribution in [3.8, 4) is 10.4 Å². The Hall–Kier alpha value is -2.77. The lowest BCUT2D eigenvalue weighted by atomic mass is 10.0. The van der Waals surface area contributed by atoms with Crippen molar-refractivity contribution in [2.45, 2.75) is 65.0 Å². The molecule has 0 unspecified atom stereocenters. The number of ether oxygens (including phenoxy) is 1. The third-order valence-corrected chi connectivity index (χ3v) is 8.79. The van der Waals surface area contributed by atoms with Crippen molar-refractivity contribution < 1.29 is 17.9 Å². The van der Waals surface area contributed by atoms with Crippen LogP contribution in [0.2, 0.25) is 0 Å². The Kier molecular flexibility index (Phi) is 7.01. The molecule has 1 fully saturated rings. The van der Waals surface area contributed by atoms with Crippen molar-refractivity contribution in [3.05, 3.63) is 34.1 Å². The van der Waals surface area contributed by atoms with Gasteiger partial charge >= 0.3 is 16.3 Å². The van der Waals surface area contributed by atoms with Gasteiger partial charge < -0.3 is 9.72 Å². The Bertz CT molecular complexity index is 1450. The maximum atomic E-state index is 13.1. The van der Waals surface area contributed by atoms with E-state index in [0.717, 1.165) is 21.2 Å². The first-order valence-electron chi connectivity index (χ1n) is 11.9. The highest BCUT2D eigenvalue weighted by atomic mass is 32.2. The third kappa shape index (κ3) is 4.91. The topological polar surface area (TPSA) is 130 Å². The largest absolute Gasteiger partial charge is 0.444 e. The number of rotatable bonds is 5. The fourth-order valence-corrected chi connectivity index (χ4v) is 6.25. The molecule has 196 valence electrons. The van der Waals surface area contributed by atoms with Gasteiger partial charge in [0.15, 0.2) is 0 Å². The van der Waals surface area contributed by atoms with Crippen LogP contribution < -0.4 is 5.56 Å². The molecule has 0 aromatic carbocycles. The van der Waals surface area contributed by atoms with Gasteiger partial charge in [0.1, 0.15) is 16.1 Å². The average Bonchev–Trinajstić information content (AvgIpc) is 3.42. The zero-order valence-corrected chi connectivity index (χ0v) is 23.0. The fourth-order valence-electron chi connectivity index (χ4n) is 4.25. The summed E-state index contributed by atoms with van der Waals surface area (Å²) in [5.41, 5.74) is 0.726. The first kappa shape index (κ1) is 26.3. The first-order valence-corrected chi connectivity index (χ1v) is 14.1. The zero-order valence-electron chi connectivity index (χ0n) is 21.4. The van der Waals surface area contributed by atoms with E-state index in [1.165, 1.54) is 31.6 Å². The number of piperidine rings is 1. The molecule has 0 spiro atoms. The number of nitrogens with zero attached hydrogens (tertiary/aromatic N) is 5. The van der Waals surface area contributed by atoms with Crippen LogP contribution in [0.1, 0.15) is 64.5 Å². The second-order valence-corrected chi connectivity index (χ2v) is 13.0. The second-order valence-electron chi connectivity index (χ2n) is 9.95. The molecule has 4 rings (SSSR count). The molecule has 1 atom stereocenters. The molecule has 1 aliphatic rings. The summed E-state index contributed by atoms with van der Waals surface area (Å²) < 4.78 is 33.5. The lowest BCUT2D eigenvalue weighted by Crippen LogP contribution is -2.42. The van der Waals surface area contributed by atoms with Gasteiger partial charge in [-0.1, -0.05) is 6.92 Å². The quantitative estimate of drug-likeness (QED) is 0.528. The van der Waals surface area contributed by atoms with Crippen molar-refractivity contribution in [1.29, 1.82) is 0 Å². The highest BCUT2D eigenvalue weighted by Crippen LogP contribution is 2.36. The van der Waals surface area contributed by atoms with E-state index in [4.69, 9.17) is 9.72 Å². The molecule has 1 saturated heterocycles. The number of nitrogens with one attached hydrogen (secondary N) is 1. The van der Waals surface area contributed by atoms with Crippen LogP contribution in [0.4, 0.5) is 4.79 Å². The number of hydrogen-bond acceptors (Lipinski definition) is 8. The van der Waals surface area contributed by atoms with Crippen LogP contribution in [0, 0.1) is 0 Å². The van der Waals surface area contributed by atoms with E-state index in [-0.39, 0.29) is 5.56 Å². The highest BCUT2D eigenvalue weighted by Gasteiger charge is 2.33. The van der Waals surface area contributed by atoms with E-state index < -0.39 is 27.9 Å². The number of carbonyl (C=O) groups excluding carboxylic acids is 1. The van der Waals surface area contributed by atoms with Crippen molar-refractivity contribution >= 4 is 37.9 Å². The predicted molar refractivity (Wildman–Crippen MR) is 138 cm³/mol. The summed E-state index contributed by atoms with van der Waals surface area (Å²) >= 11 is 1.24. The van der Waals surface area contributed by atoms with E-state index in [0.29, 0.717) is 51.6 Å². The molecule has 4 heterocycles. The van der Waals surface area contributed by atoms with E-state index in [1.807, 2.05) is 27.7 Å². The third-order valence-electron chi connectivity index (χ3n) is 5.96. The normalized spacial score (nSPS) is 17.2. The van der Waals surface area contributed by atoms with Gasteiger partial charge in [0.25, 0.3) is 5.56 Å². The number of thiophene rings is 1. The Labute approximate surface area is 214 Å². The number of carbonyl (C=O) groups is 1. The molecule has 36 heavy (non-hydrogen) atoms. The summed E-state index contributed by atoms with van der Waals surface area (Å²) in [4.78, 5) is 35.9. The Morgan fingerprint density at radius 1 is 1.31 bits per heavy atom. The monoisotopic (exact) mass is 536 g/mol. The van der Waals surface area contributed by atoms with Gasteiger partial charge in [-0.2, -0.15) is 17.8 Å². The van der Waals surface area contributed by atoms with Crippen LogP contribution in [0.25, 0.3) is 20.7 Å². The van der Waals surface area contributed by atoms with Crippen LogP contribution in [-0.4, -0.2) is 69.1 Å². The molecule has 11 nitrogen and oxygen atoms in total. The van der Waals surface area contributed by atoms with Crippen LogP contribution >= 0.6 is 11.3 Å². The minimum absolute atomic E-state index is 0.299. The van der Waals surface area contributed by atoms with Crippen LogP contribution in [-0.2, 0) is 21.4 Å². The second kappa shape index (κ2) is 9.60. The molecule has 13 heteroatoms. The average molecular weight is 537 g/mol. The van der Waals surface area contributed by atoms with Crippen LogP contribution in [0.15, 0.2) is 17.1 Å². The minimum atomic E-state index is -3.78. The first-order chi connectivity index (χ1) is 16.8. The van der Waals surface area contributed by atoms with Gasteiger partial charge in [-0.15, -0.1) is 15.4 Å². The molecule has 0 bridgehead atoms. The van der Waals surface area contributed by atoms with Crippen molar-refractivity contribution in [1.82, 2.24) is 28.4 Å². The summed E-state index contributed by atoms with van der Waals surface area (Å²) in [6.07, 6.45) is 3.93. The molecule has 1 aliphatic heterocycles. The number of likely N-dealkylation sites (tertiary alicyclic amines) is 1. The molecule has 3 aromatic heterocycles. The molecule has 0 aliphatic carbocycles. The van der Waals surface area contributed by atoms with Gasteiger partial charge in [-0.3, -0.25) is 9.69 Å². The van der Waals surface area contributed by atoms with Crippen LogP contribution in [0.3, 0.4) is 0 Å². The Balaban J connectivity index is 1.75. The van der Waals surface area contributed by atoms with E-state index in [9.17, 15) is 18.0 Å². The number of fused-ring (bicyclic) bond motifs is 1. The summed E-state index contributed by atoms with van der Waals surface area (Å²) in [6.45, 7) is 7.83. The molecule has 0 radical (unpaired) electrons. The van der Waals surface area contributed by atoms with Gasteiger partial charge in [0.2, 0.25) is 0 Å². The van der Waals surface area contributed by atoms with Crippen molar-refractivity contribution in [2.24, 2.45) is 0 Å². The molecule has 1 N–H and O–H groups in total. The summed E-state index contributed by atoms with van der Waals surface area (Å²) in [5.74, 6) is 0.420. The van der Waals surface area contributed by atoms with Crippen LogP contribution in [0.5, 0.6) is 0 Å². The maximum Gasteiger partial charge on any atom is 0.410 e. The van der Waals surface area contributed by atoms with E-state index in [2.05, 4.69) is 10.1 Å². The number of hydrogen-bond donors (Lipinski definition) is 1. The van der Waals surface area contributed by atoms with Gasteiger partial charge in [-0.25, -0.2) is 9.78 Å². The smallest absolute Gasteiger partial charge is 0.410 e. The van der Waals surface area contributed by atoms with Crippen molar-refractivity contribution in [3.63, 3.8) is 0 Å². The van der Waals surface area contributed by atoms with E-state index >= 15 is 0 Å². The standard InChI is InChI=1S/C23H32N6O5S2/c1-7-16-14(13-24-29(16)36(32,33)27(5)6)18-12-15-19(35-18)21(30)26-20(25-15)17-10-8-9-11-28(17)22(31)34-23(2,3)4/h12-13,17H,7-11H2,1-6H3,(H,25,26,30)/t17-/m0/s1. The lowest BCUT2D eigenvalue weighted by molar-refractivity contribution is 0.00845. The fraction of sp³-hybridized carbons (Fsp3) is 0.565. The number of aromatic nitrogens is 4. The number of amides is 1. The molecule has 0 saturated carbocycles. The summed E-state index contributed by atoms with van der Waals surface area (Å²) in [6, 6.07) is 1.38. The number of H-pyrrole nitrogens is 1. The molecular formula is C23H32N6O5S2. The van der Waals surface area contributed by atoms with Gasteiger partial charge in [-0.05, 0) is 52.5 Å². The summed E-state index contributed by atoms with van der Waals surface area (Å²) in [7, 11) is -0.882. The van der Waals surface area contributed by atoms with Crippen molar-refractivity contribution in [2.75, 3.05) is 20.6 Å². The lowest BCUT2D eigenvalue weighted by Gasteiger charge is -2.36. The van der Waals surface area contributed by atoms with E-state index in [1.54, 1.807) is 11.0 Å². The maximum absolute atomic E-state index is 13.1. The predicted octanol–water partition coefficient (Wildman–Crippen LogP) is 3.53. The number of aromatic amines is 1. The van der Waals surface area contributed by atoms with Gasteiger partial charge in [0, 0.05) is 31.1 Å². The van der Waals surface area contributed by atoms with Gasteiger partial charge in [0.05, 0.1) is 23.4 Å². The Morgan fingerprint density at radius 2 is 2.03 bits per heavy atom. The molecule has 3 aromatic rings. The molecule has 1 amide bonds. The SMILES string of the molecule is CCc1c(-c2cc3nc([C@@H]4CCCCN4C(=O)OC(C)(C)C)[nH]c(=O)c3s2)cnn1S(=O)(=O)N(C)C. The molecular weight excluding hydrogens is 504 g/mol. The highest BCUT2D eigenvalue weighted by molar-refractivity contribution is 7.87. The summed E-state index contributed by atoms with van der Waals surface area (Å²) in [5, 5.41) is 4.13. The zero-order chi connectivity index (χ0) is 26.4. The minimum Gasteiger partial charge on any atom is -0.444 e. The Morgan fingerprint density at radius 3 is 2.67 bits per heavy atom.